The number of benzene rings is 2. The van der Waals surface area contributed by atoms with Crippen molar-refractivity contribution in [2.24, 2.45) is 5.73 Å². The maximum atomic E-state index is 12.3. The van der Waals surface area contributed by atoms with Gasteiger partial charge < -0.3 is 15.8 Å². The molecule has 1 heterocycles. The molecule has 1 atom stereocenters. The lowest BCUT2D eigenvalue weighted by Crippen LogP contribution is -2.38. The van der Waals surface area contributed by atoms with Crippen molar-refractivity contribution in [1.82, 2.24) is 10.2 Å². The largest absolute Gasteiger partial charge is 0.484 e. The van der Waals surface area contributed by atoms with Crippen LogP contribution >= 0.6 is 11.6 Å². The van der Waals surface area contributed by atoms with E-state index in [-0.39, 0.29) is 18.6 Å². The van der Waals surface area contributed by atoms with E-state index in [0.717, 1.165) is 31.5 Å². The zero-order valence-electron chi connectivity index (χ0n) is 15.6. The summed E-state index contributed by atoms with van der Waals surface area (Å²) in [7, 11) is 0. The molecule has 0 bridgehead atoms. The fraction of sp³-hybridized carbons (Fsp3) is 0.333. The van der Waals surface area contributed by atoms with Crippen LogP contribution in [0.15, 0.2) is 48.5 Å². The van der Waals surface area contributed by atoms with Gasteiger partial charge >= 0.3 is 0 Å². The van der Waals surface area contributed by atoms with Crippen LogP contribution < -0.4 is 15.8 Å². The van der Waals surface area contributed by atoms with Crippen LogP contribution in [0.5, 0.6) is 5.75 Å². The Morgan fingerprint density at radius 1 is 1.14 bits per heavy atom. The van der Waals surface area contributed by atoms with Crippen LogP contribution in [0.25, 0.3) is 0 Å². The van der Waals surface area contributed by atoms with Gasteiger partial charge in [-0.2, -0.15) is 0 Å². The molecule has 28 heavy (non-hydrogen) atoms. The highest BCUT2D eigenvalue weighted by Gasteiger charge is 2.24. The van der Waals surface area contributed by atoms with Gasteiger partial charge in [0.1, 0.15) is 5.75 Å². The number of likely N-dealkylation sites (tertiary alicyclic amines) is 1. The molecule has 7 heteroatoms. The molecule has 2 aromatic carbocycles. The van der Waals surface area contributed by atoms with Crippen LogP contribution in [0, 0.1) is 0 Å². The smallest absolute Gasteiger partial charge is 0.258 e. The molecule has 0 spiro atoms. The number of halogens is 1. The Labute approximate surface area is 169 Å². The summed E-state index contributed by atoms with van der Waals surface area (Å²) in [5, 5.41) is 3.65. The monoisotopic (exact) mass is 401 g/mol. The summed E-state index contributed by atoms with van der Waals surface area (Å²) in [6.45, 7) is 2.41. The molecule has 0 radical (unpaired) electrons. The number of nitrogens with one attached hydrogen (secondary N) is 1. The summed E-state index contributed by atoms with van der Waals surface area (Å²) in [6, 6.07) is 14.2. The molecule has 0 aliphatic carbocycles. The predicted octanol–water partition coefficient (Wildman–Crippen LogP) is 2.77. The minimum Gasteiger partial charge on any atom is -0.484 e. The third-order valence-corrected chi connectivity index (χ3v) is 5.05. The van der Waals surface area contributed by atoms with E-state index in [2.05, 4.69) is 10.2 Å². The first-order valence-corrected chi connectivity index (χ1v) is 9.69. The summed E-state index contributed by atoms with van der Waals surface area (Å²) >= 11 is 6.15. The number of nitrogens with zero attached hydrogens (tertiary/aromatic N) is 1. The number of nitrogens with two attached hydrogens (primary N) is 1. The topological polar surface area (TPSA) is 84.7 Å². The molecule has 0 aromatic heterocycles. The molecule has 0 saturated carbocycles. The number of hydrogen-bond donors (Lipinski definition) is 2. The van der Waals surface area contributed by atoms with Crippen LogP contribution in [0.1, 0.15) is 34.8 Å². The lowest BCUT2D eigenvalue weighted by molar-refractivity contribution is -0.123. The highest BCUT2D eigenvalue weighted by molar-refractivity contribution is 6.30. The second kappa shape index (κ2) is 9.57. The molecule has 1 aliphatic heterocycles. The van der Waals surface area contributed by atoms with E-state index < -0.39 is 5.91 Å². The Bertz CT molecular complexity index is 820. The lowest BCUT2D eigenvalue weighted by atomic mass is 10.1. The fourth-order valence-electron chi connectivity index (χ4n) is 3.35. The van der Waals surface area contributed by atoms with Crippen molar-refractivity contribution in [3.05, 3.63) is 64.7 Å². The minimum atomic E-state index is -0.502. The molecule has 148 valence electrons. The van der Waals surface area contributed by atoms with Crippen molar-refractivity contribution in [3.8, 4) is 5.75 Å². The van der Waals surface area contributed by atoms with E-state index in [1.807, 2.05) is 24.3 Å². The van der Waals surface area contributed by atoms with E-state index in [4.69, 9.17) is 22.1 Å². The number of primary amides is 1. The number of carbonyl (C=O) groups excluding carboxylic acids is 2. The molecule has 1 saturated heterocycles. The maximum Gasteiger partial charge on any atom is 0.258 e. The minimum absolute atomic E-state index is 0.0833. The molecule has 1 fully saturated rings. The van der Waals surface area contributed by atoms with Gasteiger partial charge in [0.2, 0.25) is 5.91 Å². The molecule has 3 N–H and O–H groups in total. The quantitative estimate of drug-likeness (QED) is 0.712. The second-order valence-electron chi connectivity index (χ2n) is 6.80. The van der Waals surface area contributed by atoms with Crippen LogP contribution in [0.2, 0.25) is 5.02 Å². The molecular formula is C21H24ClN3O3. The van der Waals surface area contributed by atoms with E-state index in [0.29, 0.717) is 22.9 Å². The van der Waals surface area contributed by atoms with Crippen LogP contribution in [0.4, 0.5) is 0 Å². The van der Waals surface area contributed by atoms with Gasteiger partial charge in [-0.25, -0.2) is 0 Å². The SMILES string of the molecule is NC(=O)c1ccc(OCC(=O)NCC(c2cccc(Cl)c2)N2CCCC2)cc1. The zero-order chi connectivity index (χ0) is 19.9. The van der Waals surface area contributed by atoms with Crippen LogP contribution in [-0.4, -0.2) is 43.0 Å². The number of ether oxygens (including phenoxy) is 1. The van der Waals surface area contributed by atoms with Gasteiger partial charge in [-0.1, -0.05) is 23.7 Å². The summed E-state index contributed by atoms with van der Waals surface area (Å²) in [5.74, 6) is -0.199. The lowest BCUT2D eigenvalue weighted by Gasteiger charge is -2.28. The van der Waals surface area contributed by atoms with Gasteiger partial charge in [0.15, 0.2) is 6.61 Å². The normalized spacial score (nSPS) is 15.2. The summed E-state index contributed by atoms with van der Waals surface area (Å²) in [6.07, 6.45) is 2.32. The van der Waals surface area contributed by atoms with E-state index in [1.165, 1.54) is 0 Å². The number of rotatable bonds is 8. The Balaban J connectivity index is 1.55. The van der Waals surface area contributed by atoms with Crippen molar-refractivity contribution >= 4 is 23.4 Å². The summed E-state index contributed by atoms with van der Waals surface area (Å²) in [4.78, 5) is 25.7. The van der Waals surface area contributed by atoms with Crippen LogP contribution in [0.3, 0.4) is 0 Å². The van der Waals surface area contributed by atoms with Crippen molar-refractivity contribution in [3.63, 3.8) is 0 Å². The van der Waals surface area contributed by atoms with Crippen molar-refractivity contribution < 1.29 is 14.3 Å². The van der Waals surface area contributed by atoms with E-state index in [1.54, 1.807) is 24.3 Å². The number of hydrogen-bond acceptors (Lipinski definition) is 4. The highest BCUT2D eigenvalue weighted by Crippen LogP contribution is 2.26. The zero-order valence-corrected chi connectivity index (χ0v) is 16.3. The van der Waals surface area contributed by atoms with Gasteiger partial charge in [0.25, 0.3) is 5.91 Å². The number of carbonyl (C=O) groups is 2. The molecule has 2 amide bonds. The first-order chi connectivity index (χ1) is 13.5. The third kappa shape index (κ3) is 5.47. The van der Waals surface area contributed by atoms with Gasteiger partial charge in [-0.3, -0.25) is 14.5 Å². The van der Waals surface area contributed by atoms with E-state index in [9.17, 15) is 9.59 Å². The Morgan fingerprint density at radius 2 is 1.86 bits per heavy atom. The molecule has 6 nitrogen and oxygen atoms in total. The second-order valence-corrected chi connectivity index (χ2v) is 7.23. The average molecular weight is 402 g/mol. The Kier molecular flexibility index (Phi) is 6.90. The van der Waals surface area contributed by atoms with Crippen molar-refractivity contribution in [1.29, 1.82) is 0 Å². The van der Waals surface area contributed by atoms with Gasteiger partial charge in [0.05, 0.1) is 6.04 Å². The highest BCUT2D eigenvalue weighted by atomic mass is 35.5. The first kappa shape index (κ1) is 20.2. The van der Waals surface area contributed by atoms with Crippen molar-refractivity contribution in [2.75, 3.05) is 26.2 Å². The van der Waals surface area contributed by atoms with Gasteiger partial charge in [-0.15, -0.1) is 0 Å². The molecular weight excluding hydrogens is 378 g/mol. The van der Waals surface area contributed by atoms with Crippen molar-refractivity contribution in [2.45, 2.75) is 18.9 Å². The number of amides is 2. The Morgan fingerprint density at radius 3 is 2.50 bits per heavy atom. The van der Waals surface area contributed by atoms with Gasteiger partial charge in [0, 0.05) is 17.1 Å². The van der Waals surface area contributed by atoms with Crippen LogP contribution in [-0.2, 0) is 4.79 Å². The van der Waals surface area contributed by atoms with E-state index >= 15 is 0 Å². The Hall–Kier alpha value is -2.57. The summed E-state index contributed by atoms with van der Waals surface area (Å²) < 4.78 is 5.49. The average Bonchev–Trinajstić information content (AvgIpc) is 3.21. The molecule has 3 rings (SSSR count). The fourth-order valence-corrected chi connectivity index (χ4v) is 3.55. The predicted molar refractivity (Wildman–Crippen MR) is 108 cm³/mol. The molecule has 2 aromatic rings. The molecule has 1 unspecified atom stereocenters. The third-order valence-electron chi connectivity index (χ3n) is 4.82. The maximum absolute atomic E-state index is 12.3. The van der Waals surface area contributed by atoms with Gasteiger partial charge in [-0.05, 0) is 67.9 Å². The molecule has 1 aliphatic rings. The first-order valence-electron chi connectivity index (χ1n) is 9.32. The summed E-state index contributed by atoms with van der Waals surface area (Å²) in [5.41, 5.74) is 6.70. The standard InChI is InChI=1S/C21H24ClN3O3/c22-17-5-3-4-16(12-17)19(25-10-1-2-11-25)13-24-20(26)14-28-18-8-6-15(7-9-18)21(23)27/h3-9,12,19H,1-2,10-11,13-14H2,(H2,23,27)(H,24,26).